The monoisotopic (exact) mass is 350 g/mol. The maximum atomic E-state index is 12.2. The highest BCUT2D eigenvalue weighted by molar-refractivity contribution is 6.31. The fraction of sp³-hybridized carbons (Fsp3) is 0.375. The van der Waals surface area contributed by atoms with Crippen molar-refractivity contribution in [1.82, 2.24) is 15.1 Å². The highest BCUT2D eigenvalue weighted by Gasteiger charge is 2.17. The van der Waals surface area contributed by atoms with Crippen LogP contribution in [0, 0.1) is 30.9 Å². The Kier molecular flexibility index (Phi) is 5.56. The van der Waals surface area contributed by atoms with Gasteiger partial charge in [0, 0.05) is 30.3 Å². The van der Waals surface area contributed by atoms with Crippen LogP contribution in [0.4, 0.5) is 5.69 Å². The average molecular weight is 351 g/mol. The van der Waals surface area contributed by atoms with E-state index in [2.05, 4.69) is 10.4 Å². The Morgan fingerprint density at radius 2 is 2.08 bits per heavy atom. The molecule has 0 aliphatic heterocycles. The minimum atomic E-state index is -0.487. The molecule has 0 spiro atoms. The predicted octanol–water partition coefficient (Wildman–Crippen LogP) is 3.19. The summed E-state index contributed by atoms with van der Waals surface area (Å²) < 4.78 is 1.81. The normalized spacial score (nSPS) is 10.7. The van der Waals surface area contributed by atoms with Crippen LogP contribution in [0.25, 0.3) is 0 Å². The third-order valence-corrected chi connectivity index (χ3v) is 4.42. The van der Waals surface area contributed by atoms with Crippen molar-refractivity contribution < 1.29 is 9.72 Å². The van der Waals surface area contributed by atoms with Gasteiger partial charge in [0.15, 0.2) is 0 Å². The van der Waals surface area contributed by atoms with Crippen molar-refractivity contribution in [3.8, 4) is 0 Å². The van der Waals surface area contributed by atoms with Crippen molar-refractivity contribution in [1.29, 1.82) is 0 Å². The molecule has 1 aromatic heterocycles. The van der Waals surface area contributed by atoms with Crippen LogP contribution in [0.2, 0.25) is 5.02 Å². The lowest BCUT2D eigenvalue weighted by Gasteiger charge is -2.09. The van der Waals surface area contributed by atoms with Crippen LogP contribution in [0.3, 0.4) is 0 Å². The molecule has 1 aromatic carbocycles. The average Bonchev–Trinajstić information content (AvgIpc) is 2.78. The first-order valence-corrected chi connectivity index (χ1v) is 7.92. The minimum absolute atomic E-state index is 0.0556. The Bertz CT molecular complexity index is 786. The van der Waals surface area contributed by atoms with Gasteiger partial charge in [0.05, 0.1) is 21.3 Å². The summed E-state index contributed by atoms with van der Waals surface area (Å²) >= 11 is 6.09. The molecule has 0 radical (unpaired) electrons. The molecular formula is C16H19ClN4O3. The quantitative estimate of drug-likeness (QED) is 0.492. The van der Waals surface area contributed by atoms with Crippen molar-refractivity contribution in [3.63, 3.8) is 0 Å². The van der Waals surface area contributed by atoms with Crippen molar-refractivity contribution in [2.75, 3.05) is 6.54 Å². The summed E-state index contributed by atoms with van der Waals surface area (Å²) in [5.41, 5.74) is 2.31. The van der Waals surface area contributed by atoms with Gasteiger partial charge in [-0.1, -0.05) is 17.7 Å². The number of hydrogen-bond donors (Lipinski definition) is 1. The summed E-state index contributed by atoms with van der Waals surface area (Å²) in [4.78, 5) is 22.6. The molecule has 0 unspecified atom stereocenters. The Balaban J connectivity index is 1.93. The van der Waals surface area contributed by atoms with E-state index in [9.17, 15) is 14.9 Å². The second kappa shape index (κ2) is 7.44. The summed E-state index contributed by atoms with van der Waals surface area (Å²) in [7, 11) is 0. The van der Waals surface area contributed by atoms with Crippen LogP contribution < -0.4 is 5.32 Å². The van der Waals surface area contributed by atoms with Crippen molar-refractivity contribution >= 4 is 23.2 Å². The second-order valence-electron chi connectivity index (χ2n) is 5.52. The van der Waals surface area contributed by atoms with Crippen LogP contribution in [-0.2, 0) is 6.54 Å². The molecule has 0 bridgehead atoms. The molecule has 1 N–H and O–H groups in total. The fourth-order valence-electron chi connectivity index (χ4n) is 2.49. The molecule has 0 saturated heterocycles. The van der Waals surface area contributed by atoms with E-state index in [1.165, 1.54) is 12.1 Å². The van der Waals surface area contributed by atoms with E-state index in [-0.39, 0.29) is 11.6 Å². The first kappa shape index (κ1) is 17.9. The zero-order valence-electron chi connectivity index (χ0n) is 13.8. The molecule has 1 amide bonds. The van der Waals surface area contributed by atoms with E-state index in [1.807, 2.05) is 18.5 Å². The first-order valence-electron chi connectivity index (χ1n) is 7.54. The molecule has 7 nitrogen and oxygen atoms in total. The molecule has 128 valence electrons. The maximum Gasteiger partial charge on any atom is 0.273 e. The molecule has 0 aliphatic carbocycles. The molecular weight excluding hydrogens is 332 g/mol. The van der Waals surface area contributed by atoms with Gasteiger partial charge in [-0.3, -0.25) is 19.6 Å². The number of nitrogens with one attached hydrogen (secondary N) is 1. The number of benzene rings is 1. The minimum Gasteiger partial charge on any atom is -0.352 e. The molecule has 0 fully saturated rings. The SMILES string of the molecule is Cc1nn(CCCNC(=O)c2cccc([N+](=O)[O-])c2C)c(C)c1Cl. The summed E-state index contributed by atoms with van der Waals surface area (Å²) in [6.45, 7) is 6.39. The van der Waals surface area contributed by atoms with Crippen molar-refractivity contribution in [2.24, 2.45) is 0 Å². The zero-order valence-corrected chi connectivity index (χ0v) is 14.6. The number of hydrogen-bond acceptors (Lipinski definition) is 4. The summed E-state index contributed by atoms with van der Waals surface area (Å²) in [5, 5.41) is 18.7. The number of carbonyl (C=O) groups excluding carboxylic acids is 1. The van der Waals surface area contributed by atoms with Crippen LogP contribution in [0.15, 0.2) is 18.2 Å². The molecule has 1 heterocycles. The molecule has 24 heavy (non-hydrogen) atoms. The molecule has 8 heteroatoms. The maximum absolute atomic E-state index is 12.2. The van der Waals surface area contributed by atoms with Gasteiger partial charge in [-0.25, -0.2) is 0 Å². The third-order valence-electron chi connectivity index (χ3n) is 3.87. The number of halogens is 1. The number of nitro groups is 1. The van der Waals surface area contributed by atoms with Crippen LogP contribution in [0.5, 0.6) is 0 Å². The molecule has 0 atom stereocenters. The highest BCUT2D eigenvalue weighted by atomic mass is 35.5. The van der Waals surface area contributed by atoms with E-state index >= 15 is 0 Å². The Labute approximate surface area is 144 Å². The Morgan fingerprint density at radius 1 is 1.38 bits per heavy atom. The van der Waals surface area contributed by atoms with Gasteiger partial charge in [0.1, 0.15) is 0 Å². The lowest BCUT2D eigenvalue weighted by Crippen LogP contribution is -2.26. The number of amides is 1. The summed E-state index contributed by atoms with van der Waals surface area (Å²) in [6.07, 6.45) is 0.679. The standard InChI is InChI=1S/C16H19ClN4O3/c1-10-13(6-4-7-14(10)21(23)24)16(22)18-8-5-9-20-12(3)15(17)11(2)19-20/h4,6-7H,5,8-9H2,1-3H3,(H,18,22). The van der Waals surface area contributed by atoms with Gasteiger partial charge in [-0.05, 0) is 33.3 Å². The van der Waals surface area contributed by atoms with E-state index in [1.54, 1.807) is 13.0 Å². The van der Waals surface area contributed by atoms with Gasteiger partial charge in [0.25, 0.3) is 11.6 Å². The van der Waals surface area contributed by atoms with Gasteiger partial charge in [0.2, 0.25) is 0 Å². The van der Waals surface area contributed by atoms with Crippen LogP contribution in [0.1, 0.15) is 33.7 Å². The van der Waals surface area contributed by atoms with Gasteiger partial charge >= 0.3 is 0 Å². The van der Waals surface area contributed by atoms with E-state index in [4.69, 9.17) is 11.6 Å². The Hall–Kier alpha value is -2.41. The van der Waals surface area contributed by atoms with Crippen molar-refractivity contribution in [3.05, 3.63) is 55.9 Å². The van der Waals surface area contributed by atoms with Gasteiger partial charge < -0.3 is 5.32 Å². The number of nitrogens with zero attached hydrogens (tertiary/aromatic N) is 3. The Morgan fingerprint density at radius 3 is 2.67 bits per heavy atom. The topological polar surface area (TPSA) is 90.1 Å². The van der Waals surface area contributed by atoms with Gasteiger partial charge in [-0.2, -0.15) is 5.10 Å². The number of aromatic nitrogens is 2. The highest BCUT2D eigenvalue weighted by Crippen LogP contribution is 2.21. The first-order chi connectivity index (χ1) is 11.3. The van der Waals surface area contributed by atoms with E-state index in [0.29, 0.717) is 35.7 Å². The van der Waals surface area contributed by atoms with E-state index in [0.717, 1.165) is 11.4 Å². The number of aryl methyl sites for hydroxylation is 2. The number of rotatable bonds is 6. The van der Waals surface area contributed by atoms with Crippen LogP contribution in [-0.4, -0.2) is 27.2 Å². The number of nitro benzene ring substituents is 1. The third kappa shape index (κ3) is 3.73. The van der Waals surface area contributed by atoms with E-state index < -0.39 is 4.92 Å². The molecule has 0 saturated carbocycles. The van der Waals surface area contributed by atoms with Crippen LogP contribution >= 0.6 is 11.6 Å². The van der Waals surface area contributed by atoms with Gasteiger partial charge in [-0.15, -0.1) is 0 Å². The predicted molar refractivity (Wildman–Crippen MR) is 91.5 cm³/mol. The summed E-state index contributed by atoms with van der Waals surface area (Å²) in [5.74, 6) is -0.317. The zero-order chi connectivity index (χ0) is 17.9. The van der Waals surface area contributed by atoms with Crippen molar-refractivity contribution in [2.45, 2.75) is 33.7 Å². The lowest BCUT2D eigenvalue weighted by molar-refractivity contribution is -0.385. The smallest absolute Gasteiger partial charge is 0.273 e. The molecule has 0 aliphatic rings. The molecule has 2 rings (SSSR count). The summed E-state index contributed by atoms with van der Waals surface area (Å²) in [6, 6.07) is 4.48. The number of carbonyl (C=O) groups is 1. The fourth-order valence-corrected chi connectivity index (χ4v) is 2.62. The largest absolute Gasteiger partial charge is 0.352 e. The lowest BCUT2D eigenvalue weighted by atomic mass is 10.1. The second-order valence-corrected chi connectivity index (χ2v) is 5.90. The molecule has 2 aromatic rings.